The first-order valence-corrected chi connectivity index (χ1v) is 11.4. The first-order chi connectivity index (χ1) is 15.6. The van der Waals surface area contributed by atoms with Crippen LogP contribution in [0.2, 0.25) is 0 Å². The molecule has 0 saturated carbocycles. The Hall–Kier alpha value is -3.46. The van der Waals surface area contributed by atoms with Crippen molar-refractivity contribution in [3.8, 4) is 23.1 Å². The van der Waals surface area contributed by atoms with E-state index in [1.807, 2.05) is 63.2 Å². The maximum Gasteiger partial charge on any atom is 0.411 e. The van der Waals surface area contributed by atoms with Crippen LogP contribution in [0.5, 0.6) is 5.75 Å². The fourth-order valence-electron chi connectivity index (χ4n) is 3.68. The van der Waals surface area contributed by atoms with Crippen molar-refractivity contribution >= 4 is 22.7 Å². The summed E-state index contributed by atoms with van der Waals surface area (Å²) >= 11 is 0. The number of rotatable bonds is 7. The molecule has 33 heavy (non-hydrogen) atoms. The maximum atomic E-state index is 12.1. The number of fused-ring (bicyclic) bond motifs is 1. The predicted molar refractivity (Wildman–Crippen MR) is 133 cm³/mol. The molecule has 0 radical (unpaired) electrons. The highest BCUT2D eigenvalue weighted by atomic mass is 16.5. The van der Waals surface area contributed by atoms with E-state index >= 15 is 0 Å². The Morgan fingerprint density at radius 2 is 1.85 bits per heavy atom. The number of carbonyl (C=O) groups excluding carboxylic acids is 1. The minimum absolute atomic E-state index is 0.0966. The van der Waals surface area contributed by atoms with E-state index in [4.69, 9.17) is 9.47 Å². The normalized spacial score (nSPS) is 11.5. The van der Waals surface area contributed by atoms with E-state index in [0.29, 0.717) is 24.5 Å². The molecular weight excluding hydrogens is 414 g/mol. The Bertz CT molecular complexity index is 1160. The van der Waals surface area contributed by atoms with Gasteiger partial charge in [0.1, 0.15) is 11.8 Å². The van der Waals surface area contributed by atoms with Crippen LogP contribution in [-0.2, 0) is 4.74 Å². The van der Waals surface area contributed by atoms with Gasteiger partial charge in [0.2, 0.25) is 0 Å². The number of nitrogens with zero attached hydrogens (tertiary/aromatic N) is 2. The Morgan fingerprint density at radius 3 is 2.42 bits per heavy atom. The zero-order valence-corrected chi connectivity index (χ0v) is 20.4. The summed E-state index contributed by atoms with van der Waals surface area (Å²) in [5.41, 5.74) is 3.90. The van der Waals surface area contributed by atoms with E-state index in [1.54, 1.807) is 0 Å². The van der Waals surface area contributed by atoms with Gasteiger partial charge in [0.15, 0.2) is 0 Å². The highest BCUT2D eigenvalue weighted by Gasteiger charge is 2.21. The number of nitrogens with one attached hydrogen (secondary N) is 1. The van der Waals surface area contributed by atoms with Gasteiger partial charge in [-0.3, -0.25) is 5.32 Å². The molecule has 0 unspecified atom stereocenters. The Labute approximate surface area is 196 Å². The molecule has 2 aromatic carbocycles. The third-order valence-corrected chi connectivity index (χ3v) is 5.12. The lowest BCUT2D eigenvalue weighted by atomic mass is 9.99. The number of benzene rings is 2. The van der Waals surface area contributed by atoms with Gasteiger partial charge in [-0.1, -0.05) is 39.8 Å². The van der Waals surface area contributed by atoms with Gasteiger partial charge >= 0.3 is 6.09 Å². The molecule has 0 fully saturated rings. The molecule has 1 amide bonds. The third-order valence-electron chi connectivity index (χ3n) is 5.12. The summed E-state index contributed by atoms with van der Waals surface area (Å²) in [6, 6.07) is 15.9. The van der Waals surface area contributed by atoms with Crippen molar-refractivity contribution in [1.29, 1.82) is 5.26 Å². The van der Waals surface area contributed by atoms with Crippen LogP contribution in [0.3, 0.4) is 0 Å². The number of amides is 1. The molecule has 6 nitrogen and oxygen atoms in total. The van der Waals surface area contributed by atoms with Gasteiger partial charge in [0.25, 0.3) is 0 Å². The molecule has 1 heterocycles. The number of hydrogen-bond donors (Lipinski definition) is 1. The number of nitriles is 1. The Kier molecular flexibility index (Phi) is 7.33. The van der Waals surface area contributed by atoms with E-state index in [0.717, 1.165) is 34.3 Å². The van der Waals surface area contributed by atoms with Crippen molar-refractivity contribution < 1.29 is 14.3 Å². The van der Waals surface area contributed by atoms with Crippen molar-refractivity contribution in [3.05, 3.63) is 48.0 Å². The molecule has 0 atom stereocenters. The largest absolute Gasteiger partial charge is 0.494 e. The molecule has 6 heteroatoms. The summed E-state index contributed by atoms with van der Waals surface area (Å²) < 4.78 is 13.3. The monoisotopic (exact) mass is 447 g/mol. The lowest BCUT2D eigenvalue weighted by Gasteiger charge is -2.18. The maximum absolute atomic E-state index is 12.1. The second kappa shape index (κ2) is 9.99. The molecule has 174 valence electrons. The number of ether oxygens (including phenoxy) is 2. The molecule has 0 aliphatic heterocycles. The van der Waals surface area contributed by atoms with Crippen molar-refractivity contribution in [1.82, 2.24) is 4.57 Å². The topological polar surface area (TPSA) is 76.3 Å². The lowest BCUT2D eigenvalue weighted by molar-refractivity contribution is 0.118. The third kappa shape index (κ3) is 5.67. The van der Waals surface area contributed by atoms with Gasteiger partial charge < -0.3 is 14.0 Å². The van der Waals surface area contributed by atoms with Crippen molar-refractivity contribution in [2.75, 3.05) is 18.5 Å². The summed E-state index contributed by atoms with van der Waals surface area (Å²) in [6.07, 6.45) is 0.452. The first-order valence-electron chi connectivity index (χ1n) is 11.4. The molecule has 0 saturated heterocycles. The average Bonchev–Trinajstić information content (AvgIpc) is 3.10. The van der Waals surface area contributed by atoms with Crippen LogP contribution in [0.1, 0.15) is 59.6 Å². The molecule has 0 spiro atoms. The van der Waals surface area contributed by atoms with E-state index in [-0.39, 0.29) is 11.5 Å². The summed E-state index contributed by atoms with van der Waals surface area (Å²) in [5.74, 6) is 0.799. The predicted octanol–water partition coefficient (Wildman–Crippen LogP) is 7.14. The van der Waals surface area contributed by atoms with Gasteiger partial charge in [-0.25, -0.2) is 4.79 Å². The highest BCUT2D eigenvalue weighted by Crippen LogP contribution is 2.38. The van der Waals surface area contributed by atoms with Crippen LogP contribution < -0.4 is 10.1 Å². The van der Waals surface area contributed by atoms with Crippen molar-refractivity contribution in [2.45, 2.75) is 54.0 Å². The average molecular weight is 448 g/mol. The number of hydrogen-bond acceptors (Lipinski definition) is 4. The summed E-state index contributed by atoms with van der Waals surface area (Å²) in [7, 11) is 0. The quantitative estimate of drug-likeness (QED) is 0.417. The molecule has 3 aromatic rings. The minimum Gasteiger partial charge on any atom is -0.494 e. The van der Waals surface area contributed by atoms with Gasteiger partial charge in [-0.05, 0) is 55.5 Å². The molecule has 0 aliphatic carbocycles. The molecule has 1 aromatic heterocycles. The Balaban J connectivity index is 1.96. The van der Waals surface area contributed by atoms with Crippen LogP contribution in [0.15, 0.2) is 42.5 Å². The zero-order valence-electron chi connectivity index (χ0n) is 20.4. The fraction of sp³-hybridized carbons (Fsp3) is 0.407. The van der Waals surface area contributed by atoms with Crippen LogP contribution in [0, 0.1) is 16.7 Å². The molecule has 0 aliphatic rings. The standard InChI is InChI=1S/C27H33N3O3/c1-7-14-32-21-12-13-22-23(16-28)25(30(18(2)3)24(22)15-21)19-8-10-20(11-9-19)29-26(31)33-17-27(4,5)6/h8-13,15,18H,7,14,17H2,1-6H3,(H,29,31). The second-order valence-corrected chi connectivity index (χ2v) is 9.67. The molecule has 3 rings (SSSR count). The zero-order chi connectivity index (χ0) is 24.2. The smallest absolute Gasteiger partial charge is 0.411 e. The van der Waals surface area contributed by atoms with Crippen LogP contribution >= 0.6 is 0 Å². The summed E-state index contributed by atoms with van der Waals surface area (Å²) in [6.45, 7) is 13.3. The fourth-order valence-corrected chi connectivity index (χ4v) is 3.68. The van der Waals surface area contributed by atoms with Gasteiger partial charge in [-0.15, -0.1) is 0 Å². The second-order valence-electron chi connectivity index (χ2n) is 9.67. The summed E-state index contributed by atoms with van der Waals surface area (Å²) in [5, 5.41) is 13.7. The Morgan fingerprint density at radius 1 is 1.15 bits per heavy atom. The van der Waals surface area contributed by atoms with Gasteiger partial charge in [0, 0.05) is 23.2 Å². The van der Waals surface area contributed by atoms with Crippen LogP contribution in [0.4, 0.5) is 10.5 Å². The summed E-state index contributed by atoms with van der Waals surface area (Å²) in [4.78, 5) is 12.1. The van der Waals surface area contributed by atoms with E-state index in [9.17, 15) is 10.1 Å². The molecule has 1 N–H and O–H groups in total. The highest BCUT2D eigenvalue weighted by molar-refractivity contribution is 5.95. The molecule has 0 bridgehead atoms. The molecular formula is C27H33N3O3. The van der Waals surface area contributed by atoms with Crippen molar-refractivity contribution in [3.63, 3.8) is 0 Å². The van der Waals surface area contributed by atoms with Crippen LogP contribution in [-0.4, -0.2) is 23.9 Å². The minimum atomic E-state index is -0.480. The van der Waals surface area contributed by atoms with Gasteiger partial charge in [-0.2, -0.15) is 5.26 Å². The van der Waals surface area contributed by atoms with E-state index < -0.39 is 6.09 Å². The lowest BCUT2D eigenvalue weighted by Crippen LogP contribution is -2.21. The number of carbonyl (C=O) groups is 1. The first kappa shape index (κ1) is 24.2. The van der Waals surface area contributed by atoms with Crippen molar-refractivity contribution in [2.24, 2.45) is 5.41 Å². The van der Waals surface area contributed by atoms with Gasteiger partial charge in [0.05, 0.1) is 30.0 Å². The SMILES string of the molecule is CCCOc1ccc2c(C#N)c(-c3ccc(NC(=O)OCC(C)(C)C)cc3)n(C(C)C)c2c1. The number of anilines is 1. The van der Waals surface area contributed by atoms with E-state index in [1.165, 1.54) is 0 Å². The number of aromatic nitrogens is 1. The van der Waals surface area contributed by atoms with Crippen LogP contribution in [0.25, 0.3) is 22.2 Å². The van der Waals surface area contributed by atoms with E-state index in [2.05, 4.69) is 36.7 Å².